The fourth-order valence-corrected chi connectivity index (χ4v) is 3.98. The van der Waals surface area contributed by atoms with Crippen molar-refractivity contribution in [1.82, 2.24) is 5.32 Å². The zero-order valence-corrected chi connectivity index (χ0v) is 12.7. The second-order valence-electron chi connectivity index (χ2n) is 7.58. The van der Waals surface area contributed by atoms with Crippen molar-refractivity contribution < 1.29 is 9.90 Å². The van der Waals surface area contributed by atoms with Crippen LogP contribution in [0.5, 0.6) is 0 Å². The van der Waals surface area contributed by atoms with Gasteiger partial charge in [-0.1, -0.05) is 40.0 Å². The molecular formula is C16H29NO2. The van der Waals surface area contributed by atoms with E-state index in [4.69, 9.17) is 0 Å². The molecule has 0 heterocycles. The summed E-state index contributed by atoms with van der Waals surface area (Å²) < 4.78 is 0. The molecule has 3 unspecified atom stereocenters. The lowest BCUT2D eigenvalue weighted by Gasteiger charge is -2.36. The Morgan fingerprint density at radius 2 is 1.95 bits per heavy atom. The van der Waals surface area contributed by atoms with Gasteiger partial charge in [0.25, 0.3) is 0 Å². The Hall–Kier alpha value is -0.570. The molecule has 110 valence electrons. The summed E-state index contributed by atoms with van der Waals surface area (Å²) in [7, 11) is 0. The number of carbonyl (C=O) groups excluding carboxylic acids is 1. The van der Waals surface area contributed by atoms with E-state index in [0.717, 1.165) is 38.5 Å². The van der Waals surface area contributed by atoms with E-state index < -0.39 is 5.60 Å². The number of rotatable bonds is 3. The maximum absolute atomic E-state index is 12.3. The van der Waals surface area contributed by atoms with Crippen molar-refractivity contribution in [3.63, 3.8) is 0 Å². The Morgan fingerprint density at radius 1 is 1.26 bits per heavy atom. The van der Waals surface area contributed by atoms with E-state index in [0.29, 0.717) is 12.5 Å². The highest BCUT2D eigenvalue weighted by Crippen LogP contribution is 2.42. The van der Waals surface area contributed by atoms with Crippen molar-refractivity contribution in [2.45, 2.75) is 71.3 Å². The summed E-state index contributed by atoms with van der Waals surface area (Å²) in [6.07, 6.45) is 7.19. The van der Waals surface area contributed by atoms with Gasteiger partial charge in [0.1, 0.15) is 0 Å². The molecule has 2 rings (SSSR count). The van der Waals surface area contributed by atoms with Gasteiger partial charge in [0.2, 0.25) is 5.91 Å². The Labute approximate surface area is 117 Å². The number of carbonyl (C=O) groups is 1. The fraction of sp³-hybridized carbons (Fsp3) is 0.938. The number of nitrogens with one attached hydrogen (secondary N) is 1. The van der Waals surface area contributed by atoms with Gasteiger partial charge >= 0.3 is 0 Å². The standard InChI is InChI=1S/C16H29NO2/c1-12-6-4-9-16(19,10-12)11-17-14(18)13-7-5-8-15(13,2)3/h12-13,19H,4-11H2,1-3H3,(H,17,18). The van der Waals surface area contributed by atoms with Crippen LogP contribution >= 0.6 is 0 Å². The smallest absolute Gasteiger partial charge is 0.223 e. The molecule has 3 heteroatoms. The van der Waals surface area contributed by atoms with Gasteiger partial charge in [0.15, 0.2) is 0 Å². The Morgan fingerprint density at radius 3 is 2.53 bits per heavy atom. The van der Waals surface area contributed by atoms with Gasteiger partial charge in [-0.05, 0) is 37.0 Å². The third kappa shape index (κ3) is 3.50. The normalized spacial score (nSPS) is 38.1. The lowest BCUT2D eigenvalue weighted by molar-refractivity contribution is -0.129. The van der Waals surface area contributed by atoms with E-state index in [-0.39, 0.29) is 17.2 Å². The van der Waals surface area contributed by atoms with Gasteiger partial charge in [-0.2, -0.15) is 0 Å². The van der Waals surface area contributed by atoms with Crippen LogP contribution < -0.4 is 5.32 Å². The molecule has 2 aliphatic rings. The molecule has 2 saturated carbocycles. The number of hydrogen-bond acceptors (Lipinski definition) is 2. The predicted octanol–water partition coefficient (Wildman–Crippen LogP) is 2.87. The molecule has 0 radical (unpaired) electrons. The molecule has 1 amide bonds. The van der Waals surface area contributed by atoms with E-state index in [1.54, 1.807) is 0 Å². The number of hydrogen-bond donors (Lipinski definition) is 2. The average Bonchev–Trinajstić information content (AvgIpc) is 2.66. The molecule has 0 aromatic rings. The Balaban J connectivity index is 1.86. The minimum absolute atomic E-state index is 0.118. The van der Waals surface area contributed by atoms with E-state index in [2.05, 4.69) is 26.1 Å². The van der Waals surface area contributed by atoms with Gasteiger partial charge in [0, 0.05) is 12.5 Å². The third-order valence-electron chi connectivity index (χ3n) is 5.23. The van der Waals surface area contributed by atoms with Crippen LogP contribution in [0.2, 0.25) is 0 Å². The van der Waals surface area contributed by atoms with Gasteiger partial charge in [-0.15, -0.1) is 0 Å². The summed E-state index contributed by atoms with van der Waals surface area (Å²) in [6.45, 7) is 6.98. The molecular weight excluding hydrogens is 238 g/mol. The van der Waals surface area contributed by atoms with Crippen molar-refractivity contribution in [2.75, 3.05) is 6.54 Å². The zero-order valence-electron chi connectivity index (χ0n) is 12.7. The molecule has 0 spiro atoms. The Kier molecular flexibility index (Phi) is 4.24. The van der Waals surface area contributed by atoms with E-state index >= 15 is 0 Å². The van der Waals surface area contributed by atoms with Crippen molar-refractivity contribution >= 4 is 5.91 Å². The molecule has 2 N–H and O–H groups in total. The quantitative estimate of drug-likeness (QED) is 0.826. The Bertz CT molecular complexity index is 340. The van der Waals surface area contributed by atoms with Crippen LogP contribution in [0.15, 0.2) is 0 Å². The summed E-state index contributed by atoms with van der Waals surface area (Å²) in [5, 5.41) is 13.6. The van der Waals surface area contributed by atoms with Crippen molar-refractivity contribution in [1.29, 1.82) is 0 Å². The molecule has 3 atom stereocenters. The summed E-state index contributed by atoms with van der Waals surface area (Å²) in [6, 6.07) is 0. The number of amides is 1. The van der Waals surface area contributed by atoms with Crippen molar-refractivity contribution in [2.24, 2.45) is 17.3 Å². The van der Waals surface area contributed by atoms with Crippen LogP contribution in [0.1, 0.15) is 65.7 Å². The van der Waals surface area contributed by atoms with Crippen LogP contribution in [-0.2, 0) is 4.79 Å². The molecule has 0 aromatic heterocycles. The van der Waals surface area contributed by atoms with Crippen molar-refractivity contribution in [3.8, 4) is 0 Å². The SMILES string of the molecule is CC1CCCC(O)(CNC(=O)C2CCCC2(C)C)C1. The average molecular weight is 267 g/mol. The maximum Gasteiger partial charge on any atom is 0.223 e. The first-order valence-electron chi connectivity index (χ1n) is 7.82. The van der Waals surface area contributed by atoms with Gasteiger partial charge in [-0.3, -0.25) is 4.79 Å². The van der Waals surface area contributed by atoms with Crippen LogP contribution in [0.25, 0.3) is 0 Å². The molecule has 2 fully saturated rings. The topological polar surface area (TPSA) is 49.3 Å². The van der Waals surface area contributed by atoms with E-state index in [1.165, 1.54) is 6.42 Å². The minimum Gasteiger partial charge on any atom is -0.388 e. The monoisotopic (exact) mass is 267 g/mol. The minimum atomic E-state index is -0.671. The molecule has 2 aliphatic carbocycles. The van der Waals surface area contributed by atoms with Crippen LogP contribution in [0, 0.1) is 17.3 Å². The van der Waals surface area contributed by atoms with E-state index in [1.807, 2.05) is 0 Å². The predicted molar refractivity (Wildman–Crippen MR) is 76.7 cm³/mol. The molecule has 19 heavy (non-hydrogen) atoms. The second kappa shape index (κ2) is 5.43. The largest absolute Gasteiger partial charge is 0.388 e. The molecule has 0 bridgehead atoms. The van der Waals surface area contributed by atoms with Crippen LogP contribution in [0.3, 0.4) is 0 Å². The van der Waals surface area contributed by atoms with Crippen LogP contribution in [0.4, 0.5) is 0 Å². The van der Waals surface area contributed by atoms with Gasteiger partial charge < -0.3 is 10.4 Å². The van der Waals surface area contributed by atoms with E-state index in [9.17, 15) is 9.90 Å². The molecule has 0 aromatic carbocycles. The third-order valence-corrected chi connectivity index (χ3v) is 5.23. The number of aliphatic hydroxyl groups is 1. The van der Waals surface area contributed by atoms with Crippen LogP contribution in [-0.4, -0.2) is 23.2 Å². The first-order chi connectivity index (χ1) is 8.82. The fourth-order valence-electron chi connectivity index (χ4n) is 3.98. The lowest BCUT2D eigenvalue weighted by atomic mass is 9.78. The van der Waals surface area contributed by atoms with Gasteiger partial charge in [-0.25, -0.2) is 0 Å². The first-order valence-corrected chi connectivity index (χ1v) is 7.82. The summed E-state index contributed by atoms with van der Waals surface area (Å²) in [5.41, 5.74) is -0.553. The highest BCUT2D eigenvalue weighted by molar-refractivity contribution is 5.79. The first kappa shape index (κ1) is 14.8. The zero-order chi connectivity index (χ0) is 14.1. The molecule has 3 nitrogen and oxygen atoms in total. The van der Waals surface area contributed by atoms with Gasteiger partial charge in [0.05, 0.1) is 5.60 Å². The second-order valence-corrected chi connectivity index (χ2v) is 7.58. The summed E-state index contributed by atoms with van der Waals surface area (Å²) in [4.78, 5) is 12.3. The maximum atomic E-state index is 12.3. The molecule has 0 aliphatic heterocycles. The molecule has 0 saturated heterocycles. The summed E-state index contributed by atoms with van der Waals surface area (Å²) >= 11 is 0. The lowest BCUT2D eigenvalue weighted by Crippen LogP contribution is -2.48. The highest BCUT2D eigenvalue weighted by atomic mass is 16.3. The van der Waals surface area contributed by atoms with Crippen molar-refractivity contribution in [3.05, 3.63) is 0 Å². The summed E-state index contributed by atoms with van der Waals surface area (Å²) in [5.74, 6) is 0.838. The highest BCUT2D eigenvalue weighted by Gasteiger charge is 2.40.